The zero-order chi connectivity index (χ0) is 20.2. The number of carbonyl (C=O) groups excluding carboxylic acids is 1. The Morgan fingerprint density at radius 2 is 1.78 bits per heavy atom. The molecular formula is C21H25NO5. The summed E-state index contributed by atoms with van der Waals surface area (Å²) in [5, 5.41) is 22.1. The van der Waals surface area contributed by atoms with E-state index in [1.165, 1.54) is 6.07 Å². The summed E-state index contributed by atoms with van der Waals surface area (Å²) in [6, 6.07) is 11.4. The van der Waals surface area contributed by atoms with Gasteiger partial charge in [-0.2, -0.15) is 0 Å². The van der Waals surface area contributed by atoms with Crippen molar-refractivity contribution >= 4 is 12.1 Å². The molecule has 6 heteroatoms. The van der Waals surface area contributed by atoms with Gasteiger partial charge in [-0.3, -0.25) is 0 Å². The van der Waals surface area contributed by atoms with Crippen LogP contribution in [-0.4, -0.2) is 33.9 Å². The maximum Gasteiger partial charge on any atom is 0.408 e. The van der Waals surface area contributed by atoms with E-state index < -0.39 is 23.7 Å². The maximum absolute atomic E-state index is 11.9. The van der Waals surface area contributed by atoms with Crippen LogP contribution in [0.5, 0.6) is 5.75 Å². The molecule has 0 saturated carbocycles. The summed E-state index contributed by atoms with van der Waals surface area (Å²) in [5.74, 6) is -1.05. The molecule has 0 aliphatic rings. The molecule has 0 aromatic heterocycles. The Balaban J connectivity index is 2.24. The minimum atomic E-state index is -1.16. The number of phenols is 1. The molecule has 144 valence electrons. The number of ether oxygens (including phenoxy) is 1. The normalized spacial score (nSPS) is 12.3. The Morgan fingerprint density at radius 3 is 2.37 bits per heavy atom. The Morgan fingerprint density at radius 1 is 1.11 bits per heavy atom. The highest BCUT2D eigenvalue weighted by Gasteiger charge is 2.24. The van der Waals surface area contributed by atoms with E-state index in [0.29, 0.717) is 11.1 Å². The van der Waals surface area contributed by atoms with Crippen molar-refractivity contribution in [3.05, 3.63) is 53.6 Å². The molecule has 0 fully saturated rings. The number of hydrogen-bond donors (Lipinski definition) is 3. The molecule has 0 aliphatic carbocycles. The topological polar surface area (TPSA) is 95.9 Å². The van der Waals surface area contributed by atoms with Crippen LogP contribution in [0.25, 0.3) is 11.1 Å². The standard InChI is InChI=1S/C21H25NO5/c1-13-7-5-6-8-15(13)16-11-14(9-10-18(16)23)12-17(19(24)25)22-20(26)27-21(2,3)4/h5-11,17,23H,12H2,1-4H3,(H,22,26)(H,24,25)/t17-/m0/s1. The molecule has 6 nitrogen and oxygen atoms in total. The predicted molar refractivity (Wildman–Crippen MR) is 103 cm³/mol. The summed E-state index contributed by atoms with van der Waals surface area (Å²) in [6.45, 7) is 7.05. The number of hydrogen-bond acceptors (Lipinski definition) is 4. The maximum atomic E-state index is 11.9. The summed E-state index contributed by atoms with van der Waals surface area (Å²) in [6.07, 6.45) is -0.721. The molecule has 2 aromatic rings. The number of aliphatic carboxylic acids is 1. The third kappa shape index (κ3) is 5.74. The van der Waals surface area contributed by atoms with Crippen LogP contribution in [-0.2, 0) is 16.0 Å². The summed E-state index contributed by atoms with van der Waals surface area (Å²) in [7, 11) is 0. The van der Waals surface area contributed by atoms with Crippen molar-refractivity contribution in [3.63, 3.8) is 0 Å². The van der Waals surface area contributed by atoms with Gasteiger partial charge < -0.3 is 20.3 Å². The van der Waals surface area contributed by atoms with Gasteiger partial charge in [-0.1, -0.05) is 30.3 Å². The molecule has 1 amide bonds. The van der Waals surface area contributed by atoms with Gasteiger partial charge in [0.2, 0.25) is 0 Å². The summed E-state index contributed by atoms with van der Waals surface area (Å²) in [4.78, 5) is 23.5. The number of carboxylic acid groups (broad SMARTS) is 1. The fourth-order valence-corrected chi connectivity index (χ4v) is 2.69. The monoisotopic (exact) mass is 371 g/mol. The lowest BCUT2D eigenvalue weighted by atomic mass is 9.96. The predicted octanol–water partition coefficient (Wildman–Crippen LogP) is 3.89. The Kier molecular flexibility index (Phi) is 6.10. The lowest BCUT2D eigenvalue weighted by Gasteiger charge is -2.22. The Hall–Kier alpha value is -3.02. The van der Waals surface area contributed by atoms with Crippen LogP contribution in [0.2, 0.25) is 0 Å². The first kappa shape index (κ1) is 20.3. The number of alkyl carbamates (subject to hydrolysis) is 1. The van der Waals surface area contributed by atoms with Gasteiger partial charge >= 0.3 is 12.1 Å². The summed E-state index contributed by atoms with van der Waals surface area (Å²) in [5.41, 5.74) is 2.43. The van der Waals surface area contributed by atoms with Crippen LogP contribution in [0.3, 0.4) is 0 Å². The summed E-state index contributed by atoms with van der Waals surface area (Å²) >= 11 is 0. The molecule has 0 spiro atoms. The largest absolute Gasteiger partial charge is 0.507 e. The van der Waals surface area contributed by atoms with Gasteiger partial charge in [-0.15, -0.1) is 0 Å². The number of benzene rings is 2. The second-order valence-corrected chi connectivity index (χ2v) is 7.41. The molecule has 0 aliphatic heterocycles. The fourth-order valence-electron chi connectivity index (χ4n) is 2.69. The minimum Gasteiger partial charge on any atom is -0.507 e. The van der Waals surface area contributed by atoms with Gasteiger partial charge in [-0.05, 0) is 56.5 Å². The average molecular weight is 371 g/mol. The van der Waals surface area contributed by atoms with Gasteiger partial charge in [0.15, 0.2) is 0 Å². The van der Waals surface area contributed by atoms with Gasteiger partial charge in [0.1, 0.15) is 17.4 Å². The quantitative estimate of drug-likeness (QED) is 0.741. The lowest BCUT2D eigenvalue weighted by molar-refractivity contribution is -0.139. The third-order valence-corrected chi connectivity index (χ3v) is 3.93. The van der Waals surface area contributed by atoms with Crippen LogP contribution >= 0.6 is 0 Å². The molecule has 27 heavy (non-hydrogen) atoms. The van der Waals surface area contributed by atoms with Crippen molar-refractivity contribution in [2.45, 2.75) is 45.8 Å². The number of aryl methyl sites for hydroxylation is 1. The highest BCUT2D eigenvalue weighted by atomic mass is 16.6. The van der Waals surface area contributed by atoms with Crippen LogP contribution in [0, 0.1) is 6.92 Å². The van der Waals surface area contributed by atoms with E-state index >= 15 is 0 Å². The first-order valence-electron chi connectivity index (χ1n) is 8.67. The molecule has 2 rings (SSSR count). The number of phenolic OH excluding ortho intramolecular Hbond substituents is 1. The summed E-state index contributed by atoms with van der Waals surface area (Å²) < 4.78 is 5.13. The average Bonchev–Trinajstić information content (AvgIpc) is 2.55. The number of carboxylic acids is 1. The van der Waals surface area contributed by atoms with Crippen LogP contribution in [0.15, 0.2) is 42.5 Å². The molecule has 0 bridgehead atoms. The fraction of sp³-hybridized carbons (Fsp3) is 0.333. The lowest BCUT2D eigenvalue weighted by Crippen LogP contribution is -2.44. The van der Waals surface area contributed by atoms with Crippen LogP contribution < -0.4 is 5.32 Å². The number of aromatic hydroxyl groups is 1. The van der Waals surface area contributed by atoms with Crippen molar-refractivity contribution in [3.8, 4) is 16.9 Å². The Labute approximate surface area is 158 Å². The van der Waals surface area contributed by atoms with Crippen molar-refractivity contribution in [1.29, 1.82) is 0 Å². The van der Waals surface area contributed by atoms with Crippen LogP contribution in [0.1, 0.15) is 31.9 Å². The third-order valence-electron chi connectivity index (χ3n) is 3.93. The van der Waals surface area contributed by atoms with Gasteiger partial charge in [0.25, 0.3) is 0 Å². The minimum absolute atomic E-state index is 0.0632. The SMILES string of the molecule is Cc1ccccc1-c1cc(C[C@H](NC(=O)OC(C)(C)C)C(=O)O)ccc1O. The molecule has 0 unspecified atom stereocenters. The second-order valence-electron chi connectivity index (χ2n) is 7.41. The Bertz CT molecular complexity index is 839. The molecule has 3 N–H and O–H groups in total. The van der Waals surface area contributed by atoms with Crippen molar-refractivity contribution in [2.24, 2.45) is 0 Å². The van der Waals surface area contributed by atoms with Gasteiger partial charge in [-0.25, -0.2) is 9.59 Å². The highest BCUT2D eigenvalue weighted by molar-refractivity contribution is 5.80. The van der Waals surface area contributed by atoms with Gasteiger partial charge in [0, 0.05) is 12.0 Å². The molecule has 0 heterocycles. The first-order chi connectivity index (χ1) is 12.6. The second kappa shape index (κ2) is 8.12. The molecular weight excluding hydrogens is 346 g/mol. The molecule has 2 aromatic carbocycles. The van der Waals surface area contributed by atoms with Crippen molar-refractivity contribution in [2.75, 3.05) is 0 Å². The van der Waals surface area contributed by atoms with E-state index in [9.17, 15) is 19.8 Å². The zero-order valence-corrected chi connectivity index (χ0v) is 15.9. The zero-order valence-electron chi connectivity index (χ0n) is 15.9. The van der Waals surface area contributed by atoms with Crippen LogP contribution in [0.4, 0.5) is 4.79 Å². The van der Waals surface area contributed by atoms with Crippen molar-refractivity contribution in [1.82, 2.24) is 5.32 Å². The molecule has 1 atom stereocenters. The smallest absolute Gasteiger partial charge is 0.408 e. The van der Waals surface area contributed by atoms with E-state index in [1.54, 1.807) is 32.9 Å². The van der Waals surface area contributed by atoms with Crippen molar-refractivity contribution < 1.29 is 24.5 Å². The van der Waals surface area contributed by atoms with E-state index in [-0.39, 0.29) is 12.2 Å². The number of amides is 1. The molecule has 0 radical (unpaired) electrons. The number of carbonyl (C=O) groups is 2. The van der Waals surface area contributed by atoms with Gasteiger partial charge in [0.05, 0.1) is 0 Å². The highest BCUT2D eigenvalue weighted by Crippen LogP contribution is 2.32. The number of nitrogens with one attached hydrogen (secondary N) is 1. The van der Waals surface area contributed by atoms with E-state index in [0.717, 1.165) is 11.1 Å². The first-order valence-corrected chi connectivity index (χ1v) is 8.67. The van der Waals surface area contributed by atoms with E-state index in [4.69, 9.17) is 4.74 Å². The van der Waals surface area contributed by atoms with E-state index in [1.807, 2.05) is 31.2 Å². The molecule has 0 saturated heterocycles. The van der Waals surface area contributed by atoms with E-state index in [2.05, 4.69) is 5.32 Å². The number of rotatable bonds is 5.